The molecule has 2 amide bonds. The first kappa shape index (κ1) is 22.8. The molecule has 166 valence electrons. The second-order valence-electron chi connectivity index (χ2n) is 8.68. The molecule has 4 N–H and O–H groups in total. The second-order valence-corrected chi connectivity index (χ2v) is 8.68. The van der Waals surface area contributed by atoms with Crippen molar-refractivity contribution < 1.29 is 19.4 Å². The maximum absolute atomic E-state index is 12.5. The molecule has 7 heteroatoms. The van der Waals surface area contributed by atoms with Gasteiger partial charge in [-0.05, 0) is 31.2 Å². The van der Waals surface area contributed by atoms with Crippen LogP contribution in [-0.2, 0) is 9.59 Å². The predicted octanol–water partition coefficient (Wildman–Crippen LogP) is -0.730. The highest BCUT2D eigenvalue weighted by molar-refractivity contribution is 6.39. The van der Waals surface area contributed by atoms with E-state index in [1.54, 1.807) is 12.1 Å². The number of anilines is 2. The van der Waals surface area contributed by atoms with Crippen LogP contribution in [0.4, 0.5) is 11.4 Å². The number of nitrogens with one attached hydrogen (secondary N) is 4. The number of amides is 2. The van der Waals surface area contributed by atoms with Gasteiger partial charge in [0.15, 0.2) is 0 Å². The summed E-state index contributed by atoms with van der Waals surface area (Å²) in [6.07, 6.45) is 0. The Morgan fingerprint density at radius 3 is 2.13 bits per heavy atom. The van der Waals surface area contributed by atoms with Crippen molar-refractivity contribution in [1.29, 1.82) is 0 Å². The van der Waals surface area contributed by atoms with E-state index in [1.165, 1.54) is 15.4 Å². The predicted molar refractivity (Wildman–Crippen MR) is 124 cm³/mol. The van der Waals surface area contributed by atoms with Gasteiger partial charge in [-0.2, -0.15) is 0 Å². The van der Waals surface area contributed by atoms with Crippen LogP contribution in [0.2, 0.25) is 0 Å². The minimum atomic E-state index is -0.636. The molecule has 0 aliphatic carbocycles. The number of hydrogen-bond donors (Lipinski definition) is 4. The largest absolute Gasteiger partial charge is 0.378 e. The summed E-state index contributed by atoms with van der Waals surface area (Å²) in [5.41, 5.74) is 4.04. The minimum Gasteiger partial charge on any atom is -0.378 e. The zero-order valence-corrected chi connectivity index (χ0v) is 19.0. The lowest BCUT2D eigenvalue weighted by molar-refractivity contribution is -1.02. The van der Waals surface area contributed by atoms with Crippen molar-refractivity contribution in [2.45, 2.75) is 13.0 Å². The molecule has 0 saturated carbocycles. The summed E-state index contributed by atoms with van der Waals surface area (Å²) in [7, 11) is 6.26. The number of nitrogens with zero attached hydrogens (tertiary/aromatic N) is 1. The molecule has 0 unspecified atom stereocenters. The number of carbonyl (C=O) groups is 2. The Kier molecular flexibility index (Phi) is 7.65. The third kappa shape index (κ3) is 6.29. The van der Waals surface area contributed by atoms with E-state index in [0.29, 0.717) is 12.2 Å². The van der Waals surface area contributed by atoms with E-state index in [4.69, 9.17) is 0 Å². The summed E-state index contributed by atoms with van der Waals surface area (Å²) in [6.45, 7) is 6.68. The van der Waals surface area contributed by atoms with Gasteiger partial charge in [0.25, 0.3) is 0 Å². The van der Waals surface area contributed by atoms with E-state index in [1.807, 2.05) is 33.2 Å². The fourth-order valence-electron chi connectivity index (χ4n) is 3.95. The van der Waals surface area contributed by atoms with Gasteiger partial charge in [-0.15, -0.1) is 0 Å². The van der Waals surface area contributed by atoms with Gasteiger partial charge < -0.3 is 25.3 Å². The first-order chi connectivity index (χ1) is 14.8. The SMILES string of the molecule is Cc1ccc(NC(=O)C(=O)NC[C@H](c2ccc(N(C)C)cc2)[NH+]2CC[NH+](C)CC2)cc1. The van der Waals surface area contributed by atoms with Gasteiger partial charge in [-0.1, -0.05) is 29.8 Å². The average Bonchev–Trinajstić information content (AvgIpc) is 2.76. The zero-order valence-electron chi connectivity index (χ0n) is 19.0. The second kappa shape index (κ2) is 10.4. The van der Waals surface area contributed by atoms with E-state index in [9.17, 15) is 9.59 Å². The van der Waals surface area contributed by atoms with E-state index in [0.717, 1.165) is 37.4 Å². The molecule has 31 heavy (non-hydrogen) atoms. The first-order valence-corrected chi connectivity index (χ1v) is 10.9. The quantitative estimate of drug-likeness (QED) is 0.462. The summed E-state index contributed by atoms with van der Waals surface area (Å²) in [5, 5.41) is 5.54. The molecule has 7 nitrogen and oxygen atoms in total. The Morgan fingerprint density at radius 2 is 1.55 bits per heavy atom. The molecule has 0 spiro atoms. The Hall–Kier alpha value is -2.90. The molecule has 1 aliphatic heterocycles. The summed E-state index contributed by atoms with van der Waals surface area (Å²) >= 11 is 0. The monoisotopic (exact) mass is 425 g/mol. The number of hydrogen-bond acceptors (Lipinski definition) is 3. The van der Waals surface area contributed by atoms with Crippen LogP contribution >= 0.6 is 0 Å². The molecule has 3 rings (SSSR count). The van der Waals surface area contributed by atoms with Crippen molar-refractivity contribution >= 4 is 23.2 Å². The highest BCUT2D eigenvalue weighted by Gasteiger charge is 2.30. The Bertz CT molecular complexity index is 872. The molecule has 0 aromatic heterocycles. The van der Waals surface area contributed by atoms with Crippen molar-refractivity contribution in [1.82, 2.24) is 5.32 Å². The standard InChI is InChI=1S/C24H33N5O2/c1-18-5-9-20(10-6-18)26-24(31)23(30)25-17-22(29-15-13-28(4)14-16-29)19-7-11-21(12-8-19)27(2)3/h5-12,22H,13-17H2,1-4H3,(H,25,30)(H,26,31)/p+2/t22-/m1/s1. The van der Waals surface area contributed by atoms with E-state index in [-0.39, 0.29) is 6.04 Å². The summed E-state index contributed by atoms with van der Waals surface area (Å²) in [6, 6.07) is 16.0. The van der Waals surface area contributed by atoms with Gasteiger partial charge in [-0.3, -0.25) is 9.59 Å². The normalized spacial score (nSPS) is 19.4. The molecular formula is C24H35N5O2+2. The van der Waals surface area contributed by atoms with Gasteiger partial charge in [0.2, 0.25) is 0 Å². The van der Waals surface area contributed by atoms with Crippen LogP contribution in [0.3, 0.4) is 0 Å². The lowest BCUT2D eigenvalue weighted by Crippen LogP contribution is -3.27. The zero-order chi connectivity index (χ0) is 22.4. The molecule has 1 heterocycles. The maximum atomic E-state index is 12.5. The van der Waals surface area contributed by atoms with Gasteiger partial charge in [0, 0.05) is 31.0 Å². The first-order valence-electron chi connectivity index (χ1n) is 10.9. The molecule has 1 atom stereocenters. The molecule has 0 radical (unpaired) electrons. The topological polar surface area (TPSA) is 70.3 Å². The highest BCUT2D eigenvalue weighted by Crippen LogP contribution is 2.16. The third-order valence-electron chi connectivity index (χ3n) is 6.03. The summed E-state index contributed by atoms with van der Waals surface area (Å²) in [4.78, 5) is 29.9. The lowest BCUT2D eigenvalue weighted by atomic mass is 10.0. The molecule has 0 bridgehead atoms. The van der Waals surface area contributed by atoms with Crippen LogP contribution in [0, 0.1) is 6.92 Å². The van der Waals surface area contributed by atoms with Gasteiger partial charge in [-0.25, -0.2) is 0 Å². The Morgan fingerprint density at radius 1 is 0.935 bits per heavy atom. The lowest BCUT2D eigenvalue weighted by Gasteiger charge is -2.33. The van der Waals surface area contributed by atoms with Crippen molar-refractivity contribution in [3.8, 4) is 0 Å². The third-order valence-corrected chi connectivity index (χ3v) is 6.03. The van der Waals surface area contributed by atoms with Crippen molar-refractivity contribution in [2.24, 2.45) is 0 Å². The smallest absolute Gasteiger partial charge is 0.313 e. The fraction of sp³-hybridized carbons (Fsp3) is 0.417. The minimum absolute atomic E-state index is 0.112. The van der Waals surface area contributed by atoms with Crippen LogP contribution < -0.4 is 25.3 Å². The van der Waals surface area contributed by atoms with Crippen LogP contribution in [0.15, 0.2) is 48.5 Å². The number of rotatable bonds is 6. The molecule has 1 fully saturated rings. The number of carbonyl (C=O) groups excluding carboxylic acids is 2. The van der Waals surface area contributed by atoms with Crippen LogP contribution in [0.25, 0.3) is 0 Å². The van der Waals surface area contributed by atoms with Gasteiger partial charge >= 0.3 is 11.8 Å². The number of aryl methyl sites for hydroxylation is 1. The number of piperazine rings is 1. The summed E-state index contributed by atoms with van der Waals surface area (Å²) < 4.78 is 0. The van der Waals surface area contributed by atoms with E-state index >= 15 is 0 Å². The van der Waals surface area contributed by atoms with Crippen molar-refractivity contribution in [2.75, 3.05) is 64.1 Å². The van der Waals surface area contributed by atoms with E-state index in [2.05, 4.69) is 46.8 Å². The van der Waals surface area contributed by atoms with Crippen molar-refractivity contribution in [3.05, 3.63) is 59.7 Å². The molecule has 2 aromatic carbocycles. The maximum Gasteiger partial charge on any atom is 0.313 e. The van der Waals surface area contributed by atoms with Crippen LogP contribution in [0.5, 0.6) is 0 Å². The molecule has 2 aromatic rings. The van der Waals surface area contributed by atoms with Gasteiger partial charge in [0.05, 0.1) is 13.6 Å². The Labute approximate surface area is 185 Å². The van der Waals surface area contributed by atoms with Crippen LogP contribution in [0.1, 0.15) is 17.2 Å². The molecule has 1 saturated heterocycles. The van der Waals surface area contributed by atoms with E-state index < -0.39 is 11.8 Å². The number of quaternary nitrogens is 2. The number of likely N-dealkylation sites (N-methyl/N-ethyl adjacent to an activating group) is 1. The summed E-state index contributed by atoms with van der Waals surface area (Å²) in [5.74, 6) is -1.24. The number of benzene rings is 2. The Balaban J connectivity index is 1.66. The fourth-order valence-corrected chi connectivity index (χ4v) is 3.95. The average molecular weight is 426 g/mol. The van der Waals surface area contributed by atoms with Gasteiger partial charge in [0.1, 0.15) is 32.2 Å². The molecular weight excluding hydrogens is 390 g/mol. The van der Waals surface area contributed by atoms with Crippen LogP contribution in [-0.4, -0.2) is 65.7 Å². The van der Waals surface area contributed by atoms with Crippen molar-refractivity contribution in [3.63, 3.8) is 0 Å². The highest BCUT2D eigenvalue weighted by atomic mass is 16.2. The molecule has 1 aliphatic rings.